The van der Waals surface area contributed by atoms with Crippen LogP contribution in [0.2, 0.25) is 10.0 Å². The van der Waals surface area contributed by atoms with Crippen molar-refractivity contribution >= 4 is 23.2 Å². The van der Waals surface area contributed by atoms with Crippen LogP contribution in [0.1, 0.15) is 18.2 Å². The van der Waals surface area contributed by atoms with Crippen molar-refractivity contribution < 1.29 is 10.2 Å². The first-order valence-corrected chi connectivity index (χ1v) is 4.86. The Hall–Kier alpha value is -0.860. The minimum atomic E-state index is -1.28. The fraction of sp³-hybridized carbons (Fsp3) is 0.333. The summed E-state index contributed by atoms with van der Waals surface area (Å²) >= 11 is 11.4. The lowest BCUT2D eigenvalue weighted by molar-refractivity contribution is 0.0191. The molecular formula is C9H8Cl2N2O2. The summed E-state index contributed by atoms with van der Waals surface area (Å²) in [6, 6.07) is 3.15. The zero-order valence-corrected chi connectivity index (χ0v) is 9.07. The van der Waals surface area contributed by atoms with E-state index < -0.39 is 12.2 Å². The van der Waals surface area contributed by atoms with Crippen molar-refractivity contribution in [1.82, 2.24) is 4.98 Å². The molecule has 2 N–H and O–H groups in total. The van der Waals surface area contributed by atoms with E-state index in [2.05, 4.69) is 4.98 Å². The number of aliphatic hydroxyl groups is 2. The van der Waals surface area contributed by atoms with Crippen molar-refractivity contribution in [2.24, 2.45) is 0 Å². The van der Waals surface area contributed by atoms with Gasteiger partial charge in [0.1, 0.15) is 6.10 Å². The van der Waals surface area contributed by atoms with E-state index in [1.807, 2.05) is 0 Å². The van der Waals surface area contributed by atoms with Crippen molar-refractivity contribution in [3.05, 3.63) is 28.0 Å². The molecule has 0 fully saturated rings. The average Bonchev–Trinajstić information content (AvgIpc) is 2.17. The van der Waals surface area contributed by atoms with E-state index in [9.17, 15) is 10.2 Å². The molecule has 80 valence electrons. The van der Waals surface area contributed by atoms with E-state index in [1.165, 1.54) is 12.3 Å². The van der Waals surface area contributed by atoms with Crippen LogP contribution in [-0.2, 0) is 0 Å². The van der Waals surface area contributed by atoms with Crippen molar-refractivity contribution in [3.8, 4) is 6.07 Å². The number of aromatic nitrogens is 1. The Balaban J connectivity index is 2.91. The first kappa shape index (κ1) is 12.2. The highest BCUT2D eigenvalue weighted by Gasteiger charge is 2.21. The molecule has 1 heterocycles. The summed E-state index contributed by atoms with van der Waals surface area (Å²) in [7, 11) is 0. The summed E-state index contributed by atoms with van der Waals surface area (Å²) in [5, 5.41) is 27.8. The van der Waals surface area contributed by atoms with Gasteiger partial charge in [-0.25, -0.2) is 0 Å². The van der Waals surface area contributed by atoms with Crippen LogP contribution in [0.3, 0.4) is 0 Å². The molecule has 2 unspecified atom stereocenters. The molecule has 0 aromatic carbocycles. The fourth-order valence-corrected chi connectivity index (χ4v) is 1.52. The summed E-state index contributed by atoms with van der Waals surface area (Å²) in [6.45, 7) is 0. The summed E-state index contributed by atoms with van der Waals surface area (Å²) < 4.78 is 0. The van der Waals surface area contributed by atoms with Gasteiger partial charge in [0.05, 0.1) is 34.3 Å². The van der Waals surface area contributed by atoms with E-state index in [4.69, 9.17) is 28.5 Å². The Morgan fingerprint density at radius 3 is 2.67 bits per heavy atom. The molecule has 0 saturated carbocycles. The second-order valence-corrected chi connectivity index (χ2v) is 3.74. The molecule has 0 saturated heterocycles. The SMILES string of the molecule is N#CCC(O)C(O)c1ncc(Cl)cc1Cl. The van der Waals surface area contributed by atoms with Crippen molar-refractivity contribution in [2.45, 2.75) is 18.6 Å². The van der Waals surface area contributed by atoms with Crippen LogP contribution in [-0.4, -0.2) is 21.3 Å². The highest BCUT2D eigenvalue weighted by atomic mass is 35.5. The lowest BCUT2D eigenvalue weighted by Crippen LogP contribution is -2.18. The summed E-state index contributed by atoms with van der Waals surface area (Å²) in [5.41, 5.74) is 0.115. The van der Waals surface area contributed by atoms with Gasteiger partial charge in [0.15, 0.2) is 0 Å². The maximum absolute atomic E-state index is 9.60. The van der Waals surface area contributed by atoms with Gasteiger partial charge >= 0.3 is 0 Å². The highest BCUT2D eigenvalue weighted by molar-refractivity contribution is 6.34. The van der Waals surface area contributed by atoms with Crippen LogP contribution in [0, 0.1) is 11.3 Å². The Kier molecular flexibility index (Phi) is 4.30. The molecule has 0 spiro atoms. The number of aliphatic hydroxyl groups excluding tert-OH is 2. The molecule has 2 atom stereocenters. The Bertz CT molecular complexity index is 392. The Labute approximate surface area is 96.7 Å². The minimum Gasteiger partial charge on any atom is -0.389 e. The molecule has 1 aromatic rings. The zero-order valence-electron chi connectivity index (χ0n) is 7.56. The monoisotopic (exact) mass is 246 g/mol. The normalized spacial score (nSPS) is 14.3. The number of nitriles is 1. The zero-order chi connectivity index (χ0) is 11.4. The van der Waals surface area contributed by atoms with Gasteiger partial charge < -0.3 is 10.2 Å². The topological polar surface area (TPSA) is 77.1 Å². The van der Waals surface area contributed by atoms with Crippen LogP contribution in [0.4, 0.5) is 0 Å². The van der Waals surface area contributed by atoms with Crippen LogP contribution >= 0.6 is 23.2 Å². The van der Waals surface area contributed by atoms with Crippen LogP contribution in [0.5, 0.6) is 0 Å². The molecular weight excluding hydrogens is 239 g/mol. The predicted molar refractivity (Wildman–Crippen MR) is 55.5 cm³/mol. The molecule has 1 rings (SSSR count). The van der Waals surface area contributed by atoms with E-state index in [0.717, 1.165) is 0 Å². The number of pyridine rings is 1. The van der Waals surface area contributed by atoms with Gasteiger partial charge in [-0.15, -0.1) is 0 Å². The molecule has 6 heteroatoms. The second kappa shape index (κ2) is 5.29. The van der Waals surface area contributed by atoms with Gasteiger partial charge in [0.2, 0.25) is 0 Å². The lowest BCUT2D eigenvalue weighted by Gasteiger charge is -2.15. The molecule has 0 bridgehead atoms. The summed E-state index contributed by atoms with van der Waals surface area (Å²) in [6.07, 6.45) is -1.37. The third-order valence-electron chi connectivity index (χ3n) is 1.78. The van der Waals surface area contributed by atoms with Crippen molar-refractivity contribution in [2.75, 3.05) is 0 Å². The van der Waals surface area contributed by atoms with Crippen LogP contribution < -0.4 is 0 Å². The van der Waals surface area contributed by atoms with E-state index >= 15 is 0 Å². The molecule has 15 heavy (non-hydrogen) atoms. The van der Waals surface area contributed by atoms with E-state index in [0.29, 0.717) is 5.02 Å². The molecule has 0 radical (unpaired) electrons. The maximum Gasteiger partial charge on any atom is 0.124 e. The predicted octanol–water partition coefficient (Wildman–Crippen LogP) is 1.70. The summed E-state index contributed by atoms with van der Waals surface area (Å²) in [5.74, 6) is 0. The lowest BCUT2D eigenvalue weighted by atomic mass is 10.1. The summed E-state index contributed by atoms with van der Waals surface area (Å²) in [4.78, 5) is 3.80. The average molecular weight is 247 g/mol. The number of halogens is 2. The van der Waals surface area contributed by atoms with Crippen molar-refractivity contribution in [3.63, 3.8) is 0 Å². The van der Waals surface area contributed by atoms with Gasteiger partial charge in [0.25, 0.3) is 0 Å². The Morgan fingerprint density at radius 2 is 2.13 bits per heavy atom. The molecule has 0 aliphatic rings. The van der Waals surface area contributed by atoms with Gasteiger partial charge in [-0.3, -0.25) is 4.98 Å². The molecule has 0 aliphatic carbocycles. The van der Waals surface area contributed by atoms with Gasteiger partial charge in [-0.1, -0.05) is 23.2 Å². The van der Waals surface area contributed by atoms with E-state index in [1.54, 1.807) is 6.07 Å². The van der Waals surface area contributed by atoms with Crippen LogP contribution in [0.15, 0.2) is 12.3 Å². The molecule has 0 amide bonds. The first-order chi connectivity index (χ1) is 7.06. The smallest absolute Gasteiger partial charge is 0.124 e. The van der Waals surface area contributed by atoms with Gasteiger partial charge in [0, 0.05) is 6.20 Å². The molecule has 4 nitrogen and oxygen atoms in total. The third kappa shape index (κ3) is 3.05. The largest absolute Gasteiger partial charge is 0.389 e. The third-order valence-corrected chi connectivity index (χ3v) is 2.29. The van der Waals surface area contributed by atoms with Crippen LogP contribution in [0.25, 0.3) is 0 Å². The van der Waals surface area contributed by atoms with Gasteiger partial charge in [-0.05, 0) is 6.07 Å². The number of nitrogens with zero attached hydrogens (tertiary/aromatic N) is 2. The second-order valence-electron chi connectivity index (χ2n) is 2.90. The quantitative estimate of drug-likeness (QED) is 0.852. The number of hydrogen-bond donors (Lipinski definition) is 2. The number of hydrogen-bond acceptors (Lipinski definition) is 4. The number of rotatable bonds is 3. The maximum atomic E-state index is 9.60. The fourth-order valence-electron chi connectivity index (χ4n) is 1.03. The standard InChI is InChI=1S/C9H8Cl2N2O2/c10-5-3-6(11)8(13-4-5)9(15)7(14)1-2-12/h3-4,7,9,14-15H,1H2. The van der Waals surface area contributed by atoms with Gasteiger partial charge in [-0.2, -0.15) is 5.26 Å². The first-order valence-electron chi connectivity index (χ1n) is 4.10. The van der Waals surface area contributed by atoms with Crippen molar-refractivity contribution in [1.29, 1.82) is 5.26 Å². The van der Waals surface area contributed by atoms with E-state index in [-0.39, 0.29) is 17.1 Å². The molecule has 0 aliphatic heterocycles. The highest BCUT2D eigenvalue weighted by Crippen LogP contribution is 2.26. The minimum absolute atomic E-state index is 0.115. The Morgan fingerprint density at radius 1 is 1.47 bits per heavy atom. The molecule has 1 aromatic heterocycles.